The summed E-state index contributed by atoms with van der Waals surface area (Å²) in [7, 11) is -1.45. The molecule has 4 heteroatoms. The molecule has 1 heterocycles. The van der Waals surface area contributed by atoms with Gasteiger partial charge in [-0.2, -0.15) is 0 Å². The Morgan fingerprint density at radius 3 is 2.78 bits per heavy atom. The Labute approximate surface area is 115 Å². The Morgan fingerprint density at radius 1 is 1.39 bits per heavy atom. The number of benzene rings is 1. The van der Waals surface area contributed by atoms with Gasteiger partial charge in [0.15, 0.2) is 13.8 Å². The highest BCUT2D eigenvalue weighted by Crippen LogP contribution is 2.42. The molecule has 0 radical (unpaired) electrons. The van der Waals surface area contributed by atoms with E-state index in [4.69, 9.17) is 9.16 Å². The Bertz CT molecular complexity index is 415. The zero-order valence-electron chi connectivity index (χ0n) is 11.2. The summed E-state index contributed by atoms with van der Waals surface area (Å²) in [5.41, 5.74) is 1.27. The molecule has 1 aliphatic heterocycles. The van der Waals surface area contributed by atoms with Crippen LogP contribution in [0, 0.1) is 0 Å². The second-order valence-electron chi connectivity index (χ2n) is 5.47. The topological polar surface area (TPSA) is 18.5 Å². The number of thioether (sulfide) groups is 1. The van der Waals surface area contributed by atoms with E-state index < -0.39 is 8.32 Å². The molecule has 0 spiro atoms. The van der Waals surface area contributed by atoms with Gasteiger partial charge in [0.2, 0.25) is 0 Å². The number of para-hydroxylation sites is 1. The van der Waals surface area contributed by atoms with Crippen molar-refractivity contribution in [3.8, 4) is 5.75 Å². The van der Waals surface area contributed by atoms with E-state index in [1.165, 1.54) is 4.90 Å². The predicted octanol–water partition coefficient (Wildman–Crippen LogP) is 4.30. The summed E-state index contributed by atoms with van der Waals surface area (Å²) in [5.74, 6) is 0.992. The Morgan fingerprint density at radius 2 is 2.11 bits per heavy atom. The van der Waals surface area contributed by atoms with Crippen molar-refractivity contribution in [1.82, 2.24) is 0 Å². The summed E-state index contributed by atoms with van der Waals surface area (Å²) in [6, 6.07) is 8.16. The van der Waals surface area contributed by atoms with E-state index in [-0.39, 0.29) is 5.44 Å². The first-order valence-corrected chi connectivity index (χ1v) is 10.5. The van der Waals surface area contributed by atoms with Crippen LogP contribution in [-0.2, 0) is 4.43 Å². The number of ether oxygens (including phenoxy) is 1. The van der Waals surface area contributed by atoms with E-state index in [0.717, 1.165) is 17.7 Å². The van der Waals surface area contributed by atoms with Crippen molar-refractivity contribution in [2.45, 2.75) is 36.4 Å². The van der Waals surface area contributed by atoms with Crippen LogP contribution in [0.4, 0.5) is 0 Å². The van der Waals surface area contributed by atoms with Gasteiger partial charge < -0.3 is 9.16 Å². The van der Waals surface area contributed by atoms with Crippen molar-refractivity contribution >= 4 is 20.1 Å². The standard InChI is InChI=1S/C14H20O2SSi/c1-11(10-15-18(2,3)4)9-14-16-12-7-5-6-8-13(12)17-14/h5-8,14H,1,9-10H2,2-4H3. The average Bonchev–Trinajstić information content (AvgIpc) is 2.67. The Hall–Kier alpha value is -0.713. The molecular weight excluding hydrogens is 260 g/mol. The summed E-state index contributed by atoms with van der Waals surface area (Å²) >= 11 is 1.77. The second kappa shape index (κ2) is 5.51. The van der Waals surface area contributed by atoms with Gasteiger partial charge in [-0.15, -0.1) is 0 Å². The fourth-order valence-corrected chi connectivity index (χ4v) is 3.43. The molecule has 0 N–H and O–H groups in total. The van der Waals surface area contributed by atoms with Gasteiger partial charge in [-0.1, -0.05) is 30.5 Å². The predicted molar refractivity (Wildman–Crippen MR) is 79.8 cm³/mol. The third kappa shape index (κ3) is 3.90. The molecule has 0 amide bonds. The van der Waals surface area contributed by atoms with Crippen LogP contribution in [0.3, 0.4) is 0 Å². The van der Waals surface area contributed by atoms with Crippen molar-refractivity contribution in [2.24, 2.45) is 0 Å². The SMILES string of the molecule is C=C(CO[Si](C)(C)C)CC1Oc2ccccc2S1. The highest BCUT2D eigenvalue weighted by atomic mass is 32.2. The molecule has 0 saturated carbocycles. The van der Waals surface area contributed by atoms with Gasteiger partial charge >= 0.3 is 0 Å². The van der Waals surface area contributed by atoms with Crippen LogP contribution in [0.15, 0.2) is 41.3 Å². The highest BCUT2D eigenvalue weighted by Gasteiger charge is 2.24. The minimum absolute atomic E-state index is 0.153. The summed E-state index contributed by atoms with van der Waals surface area (Å²) in [6.07, 6.45) is 0.851. The Balaban J connectivity index is 1.81. The first-order chi connectivity index (χ1) is 8.44. The smallest absolute Gasteiger partial charge is 0.184 e. The zero-order valence-corrected chi connectivity index (χ0v) is 13.0. The van der Waals surface area contributed by atoms with E-state index in [9.17, 15) is 0 Å². The Kier molecular flexibility index (Phi) is 4.20. The molecule has 2 rings (SSSR count). The van der Waals surface area contributed by atoms with Gasteiger partial charge in [-0.3, -0.25) is 0 Å². The lowest BCUT2D eigenvalue weighted by Crippen LogP contribution is -2.26. The molecule has 0 saturated heterocycles. The molecule has 1 aromatic carbocycles. The molecule has 0 aromatic heterocycles. The molecule has 98 valence electrons. The normalized spacial score (nSPS) is 18.3. The zero-order chi connectivity index (χ0) is 13.2. The fraction of sp³-hybridized carbons (Fsp3) is 0.429. The number of hydrogen-bond acceptors (Lipinski definition) is 3. The number of hydrogen-bond donors (Lipinski definition) is 0. The monoisotopic (exact) mass is 280 g/mol. The van der Waals surface area contributed by atoms with Crippen LogP contribution < -0.4 is 4.74 Å². The fourth-order valence-electron chi connectivity index (χ4n) is 1.65. The van der Waals surface area contributed by atoms with E-state index in [1.807, 2.05) is 18.2 Å². The van der Waals surface area contributed by atoms with Gasteiger partial charge in [0, 0.05) is 6.42 Å². The van der Waals surface area contributed by atoms with Crippen LogP contribution >= 0.6 is 11.8 Å². The van der Waals surface area contributed by atoms with Gasteiger partial charge in [0.05, 0.1) is 11.5 Å². The molecule has 1 aromatic rings. The van der Waals surface area contributed by atoms with Gasteiger partial charge in [-0.25, -0.2) is 0 Å². The largest absolute Gasteiger partial charge is 0.478 e. The molecule has 1 unspecified atom stereocenters. The van der Waals surface area contributed by atoms with Crippen LogP contribution in [0.2, 0.25) is 19.6 Å². The van der Waals surface area contributed by atoms with E-state index in [0.29, 0.717) is 6.61 Å². The second-order valence-corrected chi connectivity index (χ2v) is 11.2. The average molecular weight is 280 g/mol. The van der Waals surface area contributed by atoms with Crippen molar-refractivity contribution in [3.05, 3.63) is 36.4 Å². The highest BCUT2D eigenvalue weighted by molar-refractivity contribution is 8.00. The first kappa shape index (κ1) is 13.7. The lowest BCUT2D eigenvalue weighted by molar-refractivity contribution is 0.280. The molecule has 2 nitrogen and oxygen atoms in total. The van der Waals surface area contributed by atoms with E-state index in [1.54, 1.807) is 11.8 Å². The minimum atomic E-state index is -1.45. The van der Waals surface area contributed by atoms with Gasteiger partial charge in [-0.05, 0) is 37.3 Å². The summed E-state index contributed by atoms with van der Waals surface area (Å²) in [5, 5.41) is 0. The van der Waals surface area contributed by atoms with Crippen LogP contribution in [0.25, 0.3) is 0 Å². The van der Waals surface area contributed by atoms with Crippen molar-refractivity contribution in [3.63, 3.8) is 0 Å². The van der Waals surface area contributed by atoms with Crippen molar-refractivity contribution in [2.75, 3.05) is 6.61 Å². The first-order valence-electron chi connectivity index (χ1n) is 6.17. The van der Waals surface area contributed by atoms with E-state index >= 15 is 0 Å². The maximum atomic E-state index is 5.87. The van der Waals surface area contributed by atoms with Gasteiger partial charge in [0.25, 0.3) is 0 Å². The molecule has 0 aliphatic carbocycles. The number of fused-ring (bicyclic) bond motifs is 1. The lowest BCUT2D eigenvalue weighted by Gasteiger charge is -2.19. The molecule has 0 fully saturated rings. The van der Waals surface area contributed by atoms with Crippen LogP contribution in [0.1, 0.15) is 6.42 Å². The van der Waals surface area contributed by atoms with Crippen molar-refractivity contribution in [1.29, 1.82) is 0 Å². The van der Waals surface area contributed by atoms with Gasteiger partial charge in [0.1, 0.15) is 5.75 Å². The molecule has 1 aliphatic rings. The lowest BCUT2D eigenvalue weighted by atomic mass is 10.2. The quantitative estimate of drug-likeness (QED) is 0.592. The molecule has 18 heavy (non-hydrogen) atoms. The summed E-state index contributed by atoms with van der Waals surface area (Å²) < 4.78 is 11.7. The molecular formula is C14H20O2SSi. The van der Waals surface area contributed by atoms with E-state index in [2.05, 4.69) is 32.3 Å². The third-order valence-corrected chi connectivity index (χ3v) is 4.66. The molecule has 0 bridgehead atoms. The van der Waals surface area contributed by atoms with Crippen LogP contribution in [0.5, 0.6) is 5.75 Å². The summed E-state index contributed by atoms with van der Waals surface area (Å²) in [6.45, 7) is 11.3. The number of rotatable bonds is 5. The van der Waals surface area contributed by atoms with Crippen molar-refractivity contribution < 1.29 is 9.16 Å². The summed E-state index contributed by atoms with van der Waals surface area (Å²) in [4.78, 5) is 1.22. The van der Waals surface area contributed by atoms with Crippen LogP contribution in [-0.4, -0.2) is 20.4 Å². The minimum Gasteiger partial charge on any atom is -0.478 e. The molecule has 1 atom stereocenters. The maximum absolute atomic E-state index is 5.87. The maximum Gasteiger partial charge on any atom is 0.184 e. The third-order valence-electron chi connectivity index (χ3n) is 2.53.